The van der Waals surface area contributed by atoms with Crippen molar-refractivity contribution in [1.29, 1.82) is 0 Å². The Kier molecular flexibility index (Phi) is 2.63. The highest BCUT2D eigenvalue weighted by Crippen LogP contribution is 2.23. The van der Waals surface area contributed by atoms with Gasteiger partial charge in [-0.15, -0.1) is 0 Å². The molecule has 1 aromatic carbocycles. The zero-order valence-corrected chi connectivity index (χ0v) is 7.98. The highest BCUT2D eigenvalue weighted by Gasteiger charge is 2.15. The first-order valence-corrected chi connectivity index (χ1v) is 4.87. The zero-order chi connectivity index (χ0) is 9.80. The van der Waals surface area contributed by atoms with E-state index in [-0.39, 0.29) is 0 Å². The summed E-state index contributed by atoms with van der Waals surface area (Å²) in [5, 5.41) is 12.1. The smallest absolute Gasteiger partial charge is 0.0827 e. The van der Waals surface area contributed by atoms with Gasteiger partial charge in [0.05, 0.1) is 5.71 Å². The van der Waals surface area contributed by atoms with Crippen LogP contribution < -0.4 is 0 Å². The van der Waals surface area contributed by atoms with E-state index in [1.807, 2.05) is 18.2 Å². The van der Waals surface area contributed by atoms with Crippen molar-refractivity contribution in [1.82, 2.24) is 0 Å². The fraction of sp³-hybridized carbons (Fsp3) is 0.250. The van der Waals surface area contributed by atoms with Crippen molar-refractivity contribution in [3.8, 4) is 0 Å². The average Bonchev–Trinajstić information content (AvgIpc) is 2.67. The SMILES string of the molecule is O/N=C1/CCC/C1=C\c1ccccc1. The van der Waals surface area contributed by atoms with Crippen molar-refractivity contribution >= 4 is 11.8 Å². The van der Waals surface area contributed by atoms with E-state index in [4.69, 9.17) is 5.21 Å². The third-order valence-electron chi connectivity index (χ3n) is 2.49. The monoisotopic (exact) mass is 187 g/mol. The van der Waals surface area contributed by atoms with E-state index in [1.165, 1.54) is 11.1 Å². The van der Waals surface area contributed by atoms with Crippen molar-refractivity contribution in [2.45, 2.75) is 19.3 Å². The van der Waals surface area contributed by atoms with E-state index in [0.717, 1.165) is 25.0 Å². The van der Waals surface area contributed by atoms with Crippen LogP contribution in [0, 0.1) is 0 Å². The maximum atomic E-state index is 8.76. The van der Waals surface area contributed by atoms with Gasteiger partial charge in [0.2, 0.25) is 0 Å². The molecule has 1 aromatic rings. The Morgan fingerprint density at radius 3 is 2.64 bits per heavy atom. The summed E-state index contributed by atoms with van der Waals surface area (Å²) in [6, 6.07) is 10.1. The van der Waals surface area contributed by atoms with Gasteiger partial charge in [0.15, 0.2) is 0 Å². The van der Waals surface area contributed by atoms with Gasteiger partial charge < -0.3 is 5.21 Å². The van der Waals surface area contributed by atoms with Gasteiger partial charge in [-0.3, -0.25) is 0 Å². The van der Waals surface area contributed by atoms with Crippen molar-refractivity contribution in [2.24, 2.45) is 5.16 Å². The molecular weight excluding hydrogens is 174 g/mol. The zero-order valence-electron chi connectivity index (χ0n) is 7.98. The third-order valence-corrected chi connectivity index (χ3v) is 2.49. The fourth-order valence-electron chi connectivity index (χ4n) is 1.77. The Bertz CT molecular complexity index is 365. The van der Waals surface area contributed by atoms with Crippen LogP contribution in [0.3, 0.4) is 0 Å². The summed E-state index contributed by atoms with van der Waals surface area (Å²) >= 11 is 0. The molecule has 2 nitrogen and oxygen atoms in total. The summed E-state index contributed by atoms with van der Waals surface area (Å²) in [6.45, 7) is 0. The molecule has 2 rings (SSSR count). The van der Waals surface area contributed by atoms with Gasteiger partial charge in [0, 0.05) is 0 Å². The van der Waals surface area contributed by atoms with E-state index in [9.17, 15) is 0 Å². The molecule has 0 saturated heterocycles. The van der Waals surface area contributed by atoms with Crippen LogP contribution in [0.2, 0.25) is 0 Å². The number of allylic oxidation sites excluding steroid dienone is 1. The minimum absolute atomic E-state index is 0.842. The van der Waals surface area contributed by atoms with Crippen LogP contribution >= 0.6 is 0 Å². The Hall–Kier alpha value is -1.57. The molecule has 1 saturated carbocycles. The summed E-state index contributed by atoms with van der Waals surface area (Å²) in [4.78, 5) is 0. The Morgan fingerprint density at radius 2 is 1.93 bits per heavy atom. The average molecular weight is 187 g/mol. The lowest BCUT2D eigenvalue weighted by molar-refractivity contribution is 0.318. The molecule has 72 valence electrons. The predicted molar refractivity (Wildman–Crippen MR) is 57.5 cm³/mol. The predicted octanol–water partition coefficient (Wildman–Crippen LogP) is 3.08. The largest absolute Gasteiger partial charge is 0.411 e. The molecule has 14 heavy (non-hydrogen) atoms. The van der Waals surface area contributed by atoms with Crippen LogP contribution in [0.1, 0.15) is 24.8 Å². The summed E-state index contributed by atoms with van der Waals surface area (Å²) < 4.78 is 0. The lowest BCUT2D eigenvalue weighted by Gasteiger charge is -1.97. The van der Waals surface area contributed by atoms with Crippen LogP contribution in [-0.2, 0) is 0 Å². The Balaban J connectivity index is 2.27. The molecule has 0 aliphatic heterocycles. The van der Waals surface area contributed by atoms with Gasteiger partial charge in [-0.25, -0.2) is 0 Å². The highest BCUT2D eigenvalue weighted by molar-refractivity contribution is 6.05. The molecule has 0 aromatic heterocycles. The number of hydrogen-bond acceptors (Lipinski definition) is 2. The van der Waals surface area contributed by atoms with Crippen molar-refractivity contribution in [3.63, 3.8) is 0 Å². The minimum atomic E-state index is 0.842. The van der Waals surface area contributed by atoms with Crippen LogP contribution in [0.15, 0.2) is 41.1 Å². The van der Waals surface area contributed by atoms with Crippen LogP contribution in [0.5, 0.6) is 0 Å². The van der Waals surface area contributed by atoms with Gasteiger partial charge in [-0.2, -0.15) is 0 Å². The molecule has 0 heterocycles. The number of oxime groups is 1. The second kappa shape index (κ2) is 4.09. The van der Waals surface area contributed by atoms with Crippen LogP contribution in [-0.4, -0.2) is 10.9 Å². The molecule has 0 spiro atoms. The van der Waals surface area contributed by atoms with Gasteiger partial charge in [0.1, 0.15) is 0 Å². The van der Waals surface area contributed by atoms with Gasteiger partial charge >= 0.3 is 0 Å². The van der Waals surface area contributed by atoms with E-state index in [1.54, 1.807) is 0 Å². The molecule has 1 aliphatic carbocycles. The number of rotatable bonds is 1. The Morgan fingerprint density at radius 1 is 1.14 bits per heavy atom. The molecule has 0 amide bonds. The molecule has 1 aliphatic rings. The summed E-state index contributed by atoms with van der Waals surface area (Å²) in [5.74, 6) is 0. The van der Waals surface area contributed by atoms with Crippen molar-refractivity contribution in [3.05, 3.63) is 41.5 Å². The normalized spacial score (nSPS) is 22.0. The molecule has 0 radical (unpaired) electrons. The van der Waals surface area contributed by atoms with E-state index in [0.29, 0.717) is 0 Å². The molecule has 1 fully saturated rings. The second-order valence-corrected chi connectivity index (χ2v) is 3.48. The minimum Gasteiger partial charge on any atom is -0.411 e. The number of nitrogens with zero attached hydrogens (tertiary/aromatic N) is 1. The van der Waals surface area contributed by atoms with E-state index < -0.39 is 0 Å². The number of benzene rings is 1. The Labute approximate surface area is 83.6 Å². The molecular formula is C12H13NO. The molecule has 0 bridgehead atoms. The van der Waals surface area contributed by atoms with Crippen LogP contribution in [0.4, 0.5) is 0 Å². The molecule has 0 atom stereocenters. The lowest BCUT2D eigenvalue weighted by atomic mass is 10.1. The molecule has 0 unspecified atom stereocenters. The first-order valence-electron chi connectivity index (χ1n) is 4.87. The van der Waals surface area contributed by atoms with Gasteiger partial charge in [-0.05, 0) is 36.5 Å². The lowest BCUT2D eigenvalue weighted by Crippen LogP contribution is -1.92. The number of hydrogen-bond donors (Lipinski definition) is 1. The quantitative estimate of drug-likeness (QED) is 0.531. The first kappa shape index (κ1) is 9.00. The summed E-state index contributed by atoms with van der Waals surface area (Å²) in [7, 11) is 0. The van der Waals surface area contributed by atoms with Gasteiger partial charge in [-0.1, -0.05) is 35.5 Å². The second-order valence-electron chi connectivity index (χ2n) is 3.48. The van der Waals surface area contributed by atoms with E-state index in [2.05, 4.69) is 23.4 Å². The molecule has 1 N–H and O–H groups in total. The van der Waals surface area contributed by atoms with Crippen LogP contribution in [0.25, 0.3) is 6.08 Å². The standard InChI is InChI=1S/C12H13NO/c14-13-12-8-4-7-11(12)9-10-5-2-1-3-6-10/h1-3,5-6,9,14H,4,7-8H2/b11-9+,13-12-. The maximum absolute atomic E-state index is 8.76. The van der Waals surface area contributed by atoms with Gasteiger partial charge in [0.25, 0.3) is 0 Å². The topological polar surface area (TPSA) is 32.6 Å². The summed E-state index contributed by atoms with van der Waals surface area (Å²) in [6.07, 6.45) is 5.11. The molecule has 2 heteroatoms. The van der Waals surface area contributed by atoms with Crippen molar-refractivity contribution in [2.75, 3.05) is 0 Å². The maximum Gasteiger partial charge on any atom is 0.0827 e. The van der Waals surface area contributed by atoms with Crippen molar-refractivity contribution < 1.29 is 5.21 Å². The third kappa shape index (κ3) is 1.84. The first-order chi connectivity index (χ1) is 6.90. The summed E-state index contributed by atoms with van der Waals surface area (Å²) in [5.41, 5.74) is 3.18. The fourth-order valence-corrected chi connectivity index (χ4v) is 1.77. The van der Waals surface area contributed by atoms with E-state index >= 15 is 0 Å². The highest BCUT2D eigenvalue weighted by atomic mass is 16.4.